The number of hydrogen-bond acceptors (Lipinski definition) is 2. The monoisotopic (exact) mass is 182 g/mol. The van der Waals surface area contributed by atoms with Gasteiger partial charge in [0.1, 0.15) is 6.21 Å². The van der Waals surface area contributed by atoms with Gasteiger partial charge < -0.3 is 4.74 Å². The maximum atomic E-state index is 11.2. The van der Waals surface area contributed by atoms with Gasteiger partial charge in [-0.1, -0.05) is 0 Å². The average molecular weight is 182 g/mol. The molecule has 1 saturated carbocycles. The number of ether oxygens (including phenoxy) is 1. The Morgan fingerprint density at radius 2 is 2.46 bits per heavy atom. The minimum absolute atomic E-state index is 0.0914. The van der Waals surface area contributed by atoms with E-state index in [0.717, 1.165) is 5.92 Å². The van der Waals surface area contributed by atoms with Gasteiger partial charge >= 0.3 is 5.97 Å². The van der Waals surface area contributed by atoms with Crippen LogP contribution in [0.3, 0.4) is 0 Å². The molecule has 0 aromatic heterocycles. The van der Waals surface area contributed by atoms with Gasteiger partial charge in [0.2, 0.25) is 6.54 Å². The average Bonchev–Trinajstić information content (AvgIpc) is 2.65. The molecule has 1 heterocycles. The fourth-order valence-electron chi connectivity index (χ4n) is 2.36. The third-order valence-electron chi connectivity index (χ3n) is 2.93. The van der Waals surface area contributed by atoms with E-state index in [1.165, 1.54) is 19.3 Å². The lowest BCUT2D eigenvalue weighted by Crippen LogP contribution is -2.29. The molecule has 2 bridgehead atoms. The van der Waals surface area contributed by atoms with Gasteiger partial charge in [-0.15, -0.1) is 0 Å². The van der Waals surface area contributed by atoms with E-state index in [9.17, 15) is 4.79 Å². The Bertz CT molecular complexity index is 247. The molecule has 1 aliphatic carbocycles. The van der Waals surface area contributed by atoms with E-state index in [1.54, 1.807) is 0 Å². The highest BCUT2D eigenvalue weighted by Gasteiger charge is 2.40. The van der Waals surface area contributed by atoms with Crippen LogP contribution in [0.15, 0.2) is 0 Å². The van der Waals surface area contributed by atoms with Crippen LogP contribution in [0, 0.1) is 5.92 Å². The SMILES string of the molecule is CCOC(=O)C[N+]1=CC2CCC1C2. The molecule has 0 N–H and O–H groups in total. The van der Waals surface area contributed by atoms with Crippen molar-refractivity contribution < 1.29 is 14.1 Å². The fraction of sp³-hybridized carbons (Fsp3) is 0.800. The van der Waals surface area contributed by atoms with Gasteiger partial charge in [-0.3, -0.25) is 0 Å². The molecular formula is C10H16NO2+. The first-order valence-electron chi connectivity index (χ1n) is 5.06. The topological polar surface area (TPSA) is 29.3 Å². The van der Waals surface area contributed by atoms with Crippen molar-refractivity contribution >= 4 is 12.2 Å². The van der Waals surface area contributed by atoms with Crippen LogP contribution in [-0.2, 0) is 9.53 Å². The lowest BCUT2D eigenvalue weighted by Gasteiger charge is -2.07. The number of fused-ring (bicyclic) bond motifs is 2. The van der Waals surface area contributed by atoms with E-state index in [0.29, 0.717) is 19.2 Å². The molecule has 3 heteroatoms. The maximum Gasteiger partial charge on any atom is 0.372 e. The summed E-state index contributed by atoms with van der Waals surface area (Å²) in [5.74, 6) is 0.644. The molecule has 2 rings (SSSR count). The third-order valence-corrected chi connectivity index (χ3v) is 2.93. The number of nitrogens with zero attached hydrogens (tertiary/aromatic N) is 1. The van der Waals surface area contributed by atoms with E-state index < -0.39 is 0 Å². The summed E-state index contributed by atoms with van der Waals surface area (Å²) in [7, 11) is 0. The largest absolute Gasteiger partial charge is 0.461 e. The minimum Gasteiger partial charge on any atom is -0.461 e. The molecule has 3 nitrogen and oxygen atoms in total. The summed E-state index contributed by atoms with van der Waals surface area (Å²) in [5.41, 5.74) is 0. The third kappa shape index (κ3) is 1.74. The van der Waals surface area contributed by atoms with E-state index in [-0.39, 0.29) is 5.97 Å². The zero-order chi connectivity index (χ0) is 9.26. The molecule has 1 fully saturated rings. The van der Waals surface area contributed by atoms with Crippen molar-refractivity contribution in [3.63, 3.8) is 0 Å². The van der Waals surface area contributed by atoms with Crippen LogP contribution in [-0.4, -0.2) is 36.0 Å². The second-order valence-electron chi connectivity index (χ2n) is 3.85. The van der Waals surface area contributed by atoms with Crippen molar-refractivity contribution in [3.05, 3.63) is 0 Å². The quantitative estimate of drug-likeness (QED) is 0.477. The van der Waals surface area contributed by atoms with Crippen LogP contribution in [0.1, 0.15) is 26.2 Å². The summed E-state index contributed by atoms with van der Waals surface area (Å²) in [6.07, 6.45) is 6.02. The summed E-state index contributed by atoms with van der Waals surface area (Å²) in [4.78, 5) is 11.2. The van der Waals surface area contributed by atoms with Crippen LogP contribution in [0.5, 0.6) is 0 Å². The van der Waals surface area contributed by atoms with E-state index in [1.807, 2.05) is 6.92 Å². The Balaban J connectivity index is 1.89. The number of rotatable bonds is 3. The summed E-state index contributed by atoms with van der Waals surface area (Å²) < 4.78 is 7.07. The summed E-state index contributed by atoms with van der Waals surface area (Å²) in [6.45, 7) is 2.79. The van der Waals surface area contributed by atoms with E-state index in [4.69, 9.17) is 4.74 Å². The fourth-order valence-corrected chi connectivity index (χ4v) is 2.36. The Hall–Kier alpha value is -0.860. The highest BCUT2D eigenvalue weighted by molar-refractivity contribution is 5.71. The van der Waals surface area contributed by atoms with Crippen molar-refractivity contribution in [1.29, 1.82) is 0 Å². The van der Waals surface area contributed by atoms with E-state index in [2.05, 4.69) is 10.8 Å². The smallest absolute Gasteiger partial charge is 0.372 e. The normalized spacial score (nSPS) is 30.4. The summed E-state index contributed by atoms with van der Waals surface area (Å²) >= 11 is 0. The molecule has 72 valence electrons. The molecule has 0 spiro atoms. The van der Waals surface area contributed by atoms with Gasteiger partial charge in [0.05, 0.1) is 6.61 Å². The van der Waals surface area contributed by atoms with E-state index >= 15 is 0 Å². The van der Waals surface area contributed by atoms with Gasteiger partial charge in [0, 0.05) is 18.8 Å². The molecule has 2 unspecified atom stereocenters. The minimum atomic E-state index is -0.0914. The Kier molecular flexibility index (Phi) is 2.34. The molecular weight excluding hydrogens is 166 g/mol. The van der Waals surface area contributed by atoms with Crippen molar-refractivity contribution in [1.82, 2.24) is 0 Å². The first-order chi connectivity index (χ1) is 6.29. The highest BCUT2D eigenvalue weighted by atomic mass is 16.5. The second kappa shape index (κ2) is 3.48. The van der Waals surface area contributed by atoms with Crippen molar-refractivity contribution in [3.8, 4) is 0 Å². The number of carbonyl (C=O) groups is 1. The number of esters is 1. The molecule has 2 atom stereocenters. The van der Waals surface area contributed by atoms with Crippen LogP contribution < -0.4 is 0 Å². The first-order valence-corrected chi connectivity index (χ1v) is 5.06. The predicted molar refractivity (Wildman–Crippen MR) is 49.0 cm³/mol. The molecule has 1 aliphatic heterocycles. The lowest BCUT2D eigenvalue weighted by atomic mass is 10.1. The summed E-state index contributed by atoms with van der Waals surface area (Å²) in [5, 5.41) is 0. The number of carbonyl (C=O) groups excluding carboxylic acids is 1. The molecule has 0 aromatic rings. The Morgan fingerprint density at radius 3 is 3.00 bits per heavy atom. The van der Waals surface area contributed by atoms with Crippen LogP contribution in [0.2, 0.25) is 0 Å². The molecule has 2 aliphatic rings. The van der Waals surface area contributed by atoms with Crippen molar-refractivity contribution in [2.24, 2.45) is 5.92 Å². The highest BCUT2D eigenvalue weighted by Crippen LogP contribution is 2.31. The van der Waals surface area contributed by atoms with Crippen LogP contribution in [0.4, 0.5) is 0 Å². The molecule has 0 aromatic carbocycles. The summed E-state index contributed by atoms with van der Waals surface area (Å²) in [6, 6.07) is 0.620. The first kappa shape index (κ1) is 8.73. The zero-order valence-electron chi connectivity index (χ0n) is 8.03. The number of hydrogen-bond donors (Lipinski definition) is 0. The van der Waals surface area contributed by atoms with Gasteiger partial charge in [0.15, 0.2) is 6.04 Å². The zero-order valence-corrected chi connectivity index (χ0v) is 8.03. The molecule has 0 radical (unpaired) electrons. The maximum absolute atomic E-state index is 11.2. The standard InChI is InChI=1S/C10H16NO2/c1-2-13-10(12)7-11-6-8-3-4-9(11)5-8/h6,8-9H,2-5,7H2,1H3/q+1. The van der Waals surface area contributed by atoms with Crippen LogP contribution in [0.25, 0.3) is 0 Å². The van der Waals surface area contributed by atoms with Gasteiger partial charge in [-0.2, -0.15) is 0 Å². The molecule has 0 saturated heterocycles. The predicted octanol–water partition coefficient (Wildman–Crippen LogP) is 0.815. The lowest BCUT2D eigenvalue weighted by molar-refractivity contribution is -0.546. The molecule has 0 amide bonds. The van der Waals surface area contributed by atoms with Crippen LogP contribution >= 0.6 is 0 Å². The Labute approximate surface area is 78.4 Å². The molecule has 13 heavy (non-hydrogen) atoms. The Morgan fingerprint density at radius 1 is 1.62 bits per heavy atom. The second-order valence-corrected chi connectivity index (χ2v) is 3.85. The van der Waals surface area contributed by atoms with Gasteiger partial charge in [-0.05, 0) is 13.3 Å². The van der Waals surface area contributed by atoms with Crippen molar-refractivity contribution in [2.45, 2.75) is 32.2 Å². The van der Waals surface area contributed by atoms with Crippen molar-refractivity contribution in [2.75, 3.05) is 13.2 Å². The van der Waals surface area contributed by atoms with Gasteiger partial charge in [0.25, 0.3) is 0 Å². The van der Waals surface area contributed by atoms with Gasteiger partial charge in [-0.25, -0.2) is 9.37 Å².